The first-order valence-corrected chi connectivity index (χ1v) is 5.78. The summed E-state index contributed by atoms with van der Waals surface area (Å²) < 4.78 is 10.1. The molecule has 1 aromatic carbocycles. The van der Waals surface area contributed by atoms with Crippen molar-refractivity contribution in [1.82, 2.24) is 10.9 Å². The molecule has 0 aliphatic heterocycles. The zero-order valence-corrected chi connectivity index (χ0v) is 11.2. The molecule has 0 bridgehead atoms. The molecule has 0 aliphatic rings. The normalized spacial score (nSPS) is 9.95. The summed E-state index contributed by atoms with van der Waals surface area (Å²) in [6.07, 6.45) is 1.42. The molecule has 21 heavy (non-hydrogen) atoms. The summed E-state index contributed by atoms with van der Waals surface area (Å²) in [5.74, 6) is -1.51. The minimum absolute atomic E-state index is 0.310. The number of hydrogen-bond donors (Lipinski definition) is 3. The van der Waals surface area contributed by atoms with Gasteiger partial charge in [-0.25, -0.2) is 4.79 Å². The molecule has 0 atom stereocenters. The number of ether oxygens (including phenoxy) is 2. The first kappa shape index (κ1) is 16.0. The predicted octanol–water partition coefficient (Wildman–Crippen LogP) is -0.138. The van der Waals surface area contributed by atoms with Crippen LogP contribution in [-0.4, -0.2) is 36.6 Å². The second-order valence-electron chi connectivity index (χ2n) is 3.67. The van der Waals surface area contributed by atoms with E-state index in [0.29, 0.717) is 17.6 Å². The molecule has 0 saturated carbocycles. The molecule has 2 amide bonds. The summed E-state index contributed by atoms with van der Waals surface area (Å²) >= 11 is 0. The minimum Gasteiger partial charge on any atom is -0.497 e. The molecule has 0 unspecified atom stereocenters. The summed E-state index contributed by atoms with van der Waals surface area (Å²) in [5.41, 5.74) is 4.07. The van der Waals surface area contributed by atoms with Crippen molar-refractivity contribution in [2.45, 2.75) is 0 Å². The Morgan fingerprint density at radius 3 is 2.29 bits per heavy atom. The maximum absolute atomic E-state index is 11.4. The third-order valence-electron chi connectivity index (χ3n) is 2.13. The van der Waals surface area contributed by atoms with Crippen LogP contribution >= 0.6 is 0 Å². The van der Waals surface area contributed by atoms with E-state index >= 15 is 0 Å². The van der Waals surface area contributed by atoms with Gasteiger partial charge in [-0.05, 0) is 24.3 Å². The monoisotopic (exact) mass is 294 g/mol. The van der Waals surface area contributed by atoms with Gasteiger partial charge in [0.1, 0.15) is 11.5 Å². The summed E-state index contributed by atoms with van der Waals surface area (Å²) in [6.45, 7) is -0.310. The largest absolute Gasteiger partial charge is 0.497 e. The second kappa shape index (κ2) is 8.20. The number of benzene rings is 1. The fourth-order valence-electron chi connectivity index (χ4n) is 1.18. The number of methoxy groups -OCH3 is 1. The zero-order valence-electron chi connectivity index (χ0n) is 11.2. The van der Waals surface area contributed by atoms with Gasteiger partial charge in [-0.2, -0.15) is 0 Å². The molecule has 8 nitrogen and oxygen atoms in total. The number of carboxylic acids is 1. The van der Waals surface area contributed by atoms with Crippen molar-refractivity contribution < 1.29 is 29.0 Å². The predicted molar refractivity (Wildman–Crippen MR) is 71.6 cm³/mol. The molecular formula is C13H14N2O6. The third kappa shape index (κ3) is 6.62. The Bertz CT molecular complexity index is 538. The van der Waals surface area contributed by atoms with Gasteiger partial charge in [0, 0.05) is 12.2 Å². The Labute approximate surface area is 120 Å². The molecule has 3 N–H and O–H groups in total. The highest BCUT2D eigenvalue weighted by atomic mass is 16.5. The molecule has 0 radical (unpaired) electrons. The van der Waals surface area contributed by atoms with Gasteiger partial charge in [0.15, 0.2) is 6.61 Å². The van der Waals surface area contributed by atoms with Crippen molar-refractivity contribution >= 4 is 17.8 Å². The molecule has 1 rings (SSSR count). The lowest BCUT2D eigenvalue weighted by Crippen LogP contribution is -2.43. The molecule has 0 aromatic heterocycles. The smallest absolute Gasteiger partial charge is 0.328 e. The van der Waals surface area contributed by atoms with Gasteiger partial charge in [0.2, 0.25) is 0 Å². The van der Waals surface area contributed by atoms with E-state index in [4.69, 9.17) is 14.6 Å². The minimum atomic E-state index is -1.26. The fourth-order valence-corrected chi connectivity index (χ4v) is 1.18. The highest BCUT2D eigenvalue weighted by Gasteiger charge is 2.04. The third-order valence-corrected chi connectivity index (χ3v) is 2.13. The van der Waals surface area contributed by atoms with E-state index in [-0.39, 0.29) is 6.61 Å². The number of hydrazine groups is 1. The maximum atomic E-state index is 11.4. The highest BCUT2D eigenvalue weighted by Crippen LogP contribution is 2.16. The lowest BCUT2D eigenvalue weighted by molar-refractivity contribution is -0.131. The Balaban J connectivity index is 2.30. The van der Waals surface area contributed by atoms with Crippen LogP contribution in [0, 0.1) is 0 Å². The summed E-state index contributed by atoms with van der Waals surface area (Å²) in [4.78, 5) is 32.6. The molecular weight excluding hydrogens is 280 g/mol. The van der Waals surface area contributed by atoms with Crippen molar-refractivity contribution in [3.05, 3.63) is 36.4 Å². The fraction of sp³-hybridized carbons (Fsp3) is 0.154. The Kier molecular flexibility index (Phi) is 6.26. The van der Waals surface area contributed by atoms with Crippen LogP contribution in [0.25, 0.3) is 0 Å². The Hall–Kier alpha value is -3.03. The second-order valence-corrected chi connectivity index (χ2v) is 3.67. The SMILES string of the molecule is COc1ccc(OCC(=O)NNC(=O)/C=C/C(=O)O)cc1. The molecule has 0 heterocycles. The highest BCUT2D eigenvalue weighted by molar-refractivity contribution is 5.94. The van der Waals surface area contributed by atoms with E-state index in [0.717, 1.165) is 6.08 Å². The van der Waals surface area contributed by atoms with Crippen molar-refractivity contribution in [3.63, 3.8) is 0 Å². The standard InChI is InChI=1S/C13H14N2O6/c1-20-9-2-4-10(5-3-9)21-8-12(17)15-14-11(16)6-7-13(18)19/h2-7H,8H2,1H3,(H,14,16)(H,15,17)(H,18,19)/b7-6+. The molecule has 8 heteroatoms. The summed E-state index contributed by atoms with van der Waals surface area (Å²) in [7, 11) is 1.53. The van der Waals surface area contributed by atoms with Gasteiger partial charge in [0.25, 0.3) is 11.8 Å². The van der Waals surface area contributed by atoms with Crippen LogP contribution in [0.2, 0.25) is 0 Å². The van der Waals surface area contributed by atoms with Gasteiger partial charge >= 0.3 is 5.97 Å². The molecule has 1 aromatic rings. The molecule has 112 valence electrons. The number of carboxylic acid groups (broad SMARTS) is 1. The lowest BCUT2D eigenvalue weighted by Gasteiger charge is -2.08. The topological polar surface area (TPSA) is 114 Å². The van der Waals surface area contributed by atoms with Crippen molar-refractivity contribution in [2.24, 2.45) is 0 Å². The molecule has 0 spiro atoms. The average molecular weight is 294 g/mol. The number of rotatable bonds is 6. The lowest BCUT2D eigenvalue weighted by atomic mass is 10.3. The maximum Gasteiger partial charge on any atom is 0.328 e. The molecule has 0 fully saturated rings. The number of carbonyl (C=O) groups excluding carboxylic acids is 2. The number of nitrogens with one attached hydrogen (secondary N) is 2. The van der Waals surface area contributed by atoms with Gasteiger partial charge < -0.3 is 14.6 Å². The summed E-state index contributed by atoms with van der Waals surface area (Å²) in [6, 6.07) is 6.60. The van der Waals surface area contributed by atoms with E-state index in [9.17, 15) is 14.4 Å². The van der Waals surface area contributed by atoms with Crippen LogP contribution in [0.15, 0.2) is 36.4 Å². The van der Waals surface area contributed by atoms with E-state index in [1.807, 2.05) is 5.43 Å². The van der Waals surface area contributed by atoms with Crippen molar-refractivity contribution in [3.8, 4) is 11.5 Å². The van der Waals surface area contributed by atoms with Crippen LogP contribution in [0.4, 0.5) is 0 Å². The van der Waals surface area contributed by atoms with E-state index in [1.165, 1.54) is 7.11 Å². The van der Waals surface area contributed by atoms with E-state index in [1.54, 1.807) is 24.3 Å². The van der Waals surface area contributed by atoms with E-state index < -0.39 is 17.8 Å². The van der Waals surface area contributed by atoms with Crippen LogP contribution in [0.5, 0.6) is 11.5 Å². The van der Waals surface area contributed by atoms with Gasteiger partial charge in [-0.3, -0.25) is 20.4 Å². The van der Waals surface area contributed by atoms with Crippen molar-refractivity contribution in [1.29, 1.82) is 0 Å². The number of carbonyl (C=O) groups is 3. The first-order valence-electron chi connectivity index (χ1n) is 5.78. The number of hydrogen-bond acceptors (Lipinski definition) is 5. The zero-order chi connectivity index (χ0) is 15.7. The van der Waals surface area contributed by atoms with Crippen LogP contribution in [0.1, 0.15) is 0 Å². The average Bonchev–Trinajstić information content (AvgIpc) is 2.49. The summed E-state index contributed by atoms with van der Waals surface area (Å²) in [5, 5.41) is 8.30. The van der Waals surface area contributed by atoms with Crippen LogP contribution in [0.3, 0.4) is 0 Å². The molecule has 0 aliphatic carbocycles. The van der Waals surface area contributed by atoms with Gasteiger partial charge in [-0.15, -0.1) is 0 Å². The van der Waals surface area contributed by atoms with Crippen molar-refractivity contribution in [2.75, 3.05) is 13.7 Å². The van der Waals surface area contributed by atoms with Gasteiger partial charge in [0.05, 0.1) is 7.11 Å². The molecule has 0 saturated heterocycles. The van der Waals surface area contributed by atoms with Crippen LogP contribution < -0.4 is 20.3 Å². The van der Waals surface area contributed by atoms with Crippen LogP contribution in [-0.2, 0) is 14.4 Å². The first-order chi connectivity index (χ1) is 10.0. The number of aliphatic carboxylic acids is 1. The Morgan fingerprint density at radius 2 is 1.71 bits per heavy atom. The Morgan fingerprint density at radius 1 is 1.10 bits per heavy atom. The van der Waals surface area contributed by atoms with E-state index in [2.05, 4.69) is 5.43 Å². The van der Waals surface area contributed by atoms with Gasteiger partial charge in [-0.1, -0.05) is 0 Å². The number of amides is 2. The quantitative estimate of drug-likeness (QED) is 0.497.